The van der Waals surface area contributed by atoms with Crippen molar-refractivity contribution in [1.82, 2.24) is 5.32 Å². The van der Waals surface area contributed by atoms with Gasteiger partial charge in [-0.2, -0.15) is 11.8 Å². The molecular formula is C10H21NOS. The Balaban J connectivity index is 2.07. The molecule has 2 nitrogen and oxygen atoms in total. The molecule has 1 atom stereocenters. The Kier molecular flexibility index (Phi) is 5.83. The van der Waals surface area contributed by atoms with Gasteiger partial charge in [0, 0.05) is 18.7 Å². The molecule has 0 aliphatic carbocycles. The lowest BCUT2D eigenvalue weighted by atomic mass is 10.1. The first-order valence-electron chi connectivity index (χ1n) is 5.27. The lowest BCUT2D eigenvalue weighted by Crippen LogP contribution is -2.38. The van der Waals surface area contributed by atoms with E-state index in [-0.39, 0.29) is 0 Å². The van der Waals surface area contributed by atoms with Gasteiger partial charge in [-0.3, -0.25) is 0 Å². The fourth-order valence-corrected chi connectivity index (χ4v) is 2.85. The monoisotopic (exact) mass is 203 g/mol. The summed E-state index contributed by atoms with van der Waals surface area (Å²) in [6.07, 6.45) is 4.65. The molecule has 0 saturated carbocycles. The normalized spacial score (nSPS) is 21.7. The van der Waals surface area contributed by atoms with Gasteiger partial charge in [-0.05, 0) is 44.1 Å². The highest BCUT2D eigenvalue weighted by molar-refractivity contribution is 7.99. The lowest BCUT2D eigenvalue weighted by molar-refractivity contribution is 0.272. The highest BCUT2D eigenvalue weighted by Crippen LogP contribution is 2.17. The van der Waals surface area contributed by atoms with E-state index in [4.69, 9.17) is 5.11 Å². The summed E-state index contributed by atoms with van der Waals surface area (Å²) in [6.45, 7) is 2.55. The molecule has 1 aliphatic rings. The van der Waals surface area contributed by atoms with Crippen molar-refractivity contribution in [3.05, 3.63) is 0 Å². The second-order valence-corrected chi connectivity index (χ2v) is 5.04. The minimum Gasteiger partial charge on any atom is -0.396 e. The average molecular weight is 203 g/mol. The molecule has 0 unspecified atom stereocenters. The van der Waals surface area contributed by atoms with Crippen LogP contribution in [0.5, 0.6) is 0 Å². The molecule has 1 rings (SSSR count). The number of thioether (sulfide) groups is 1. The quantitative estimate of drug-likeness (QED) is 0.712. The molecule has 0 radical (unpaired) electrons. The van der Waals surface area contributed by atoms with E-state index in [0.29, 0.717) is 12.6 Å². The van der Waals surface area contributed by atoms with E-state index in [9.17, 15) is 0 Å². The zero-order valence-electron chi connectivity index (χ0n) is 8.46. The summed E-state index contributed by atoms with van der Waals surface area (Å²) in [5.41, 5.74) is 0. The van der Waals surface area contributed by atoms with Gasteiger partial charge >= 0.3 is 0 Å². The number of aliphatic hydroxyl groups is 1. The summed E-state index contributed by atoms with van der Waals surface area (Å²) in [5, 5.41) is 12.3. The van der Waals surface area contributed by atoms with E-state index in [1.165, 1.54) is 24.3 Å². The predicted octanol–water partition coefficient (Wildman–Crippen LogP) is 1.63. The van der Waals surface area contributed by atoms with Crippen molar-refractivity contribution >= 4 is 11.8 Å². The molecule has 2 N–H and O–H groups in total. The van der Waals surface area contributed by atoms with Gasteiger partial charge < -0.3 is 10.4 Å². The first-order chi connectivity index (χ1) is 6.33. The summed E-state index contributed by atoms with van der Waals surface area (Å²) in [7, 11) is 0. The Morgan fingerprint density at radius 3 is 2.77 bits per heavy atom. The predicted molar refractivity (Wildman–Crippen MR) is 59.3 cm³/mol. The van der Waals surface area contributed by atoms with Gasteiger partial charge in [-0.15, -0.1) is 0 Å². The third-order valence-corrected chi connectivity index (χ3v) is 3.59. The van der Waals surface area contributed by atoms with Gasteiger partial charge in [0.25, 0.3) is 0 Å². The van der Waals surface area contributed by atoms with Crippen molar-refractivity contribution in [2.24, 2.45) is 0 Å². The molecule has 0 aromatic carbocycles. The van der Waals surface area contributed by atoms with Gasteiger partial charge in [-0.1, -0.05) is 0 Å². The van der Waals surface area contributed by atoms with Crippen molar-refractivity contribution in [1.29, 1.82) is 0 Å². The first-order valence-corrected chi connectivity index (χ1v) is 6.43. The van der Waals surface area contributed by atoms with Gasteiger partial charge in [0.15, 0.2) is 0 Å². The molecule has 13 heavy (non-hydrogen) atoms. The summed E-state index contributed by atoms with van der Waals surface area (Å²) >= 11 is 2.06. The van der Waals surface area contributed by atoms with Crippen LogP contribution in [-0.4, -0.2) is 35.3 Å². The zero-order valence-corrected chi connectivity index (χ0v) is 9.28. The first kappa shape index (κ1) is 11.3. The number of nitrogens with one attached hydrogen (secondary N) is 1. The smallest absolute Gasteiger partial charge is 0.0431 e. The third-order valence-electron chi connectivity index (χ3n) is 2.54. The van der Waals surface area contributed by atoms with Crippen LogP contribution in [0.1, 0.15) is 32.6 Å². The van der Waals surface area contributed by atoms with Crippen LogP contribution in [0.3, 0.4) is 0 Å². The number of aliphatic hydroxyl groups excluding tert-OH is 1. The van der Waals surface area contributed by atoms with Crippen molar-refractivity contribution in [2.75, 3.05) is 18.1 Å². The van der Waals surface area contributed by atoms with E-state index in [1.54, 1.807) is 0 Å². The van der Waals surface area contributed by atoms with E-state index in [0.717, 1.165) is 18.9 Å². The van der Waals surface area contributed by atoms with Gasteiger partial charge in [0.1, 0.15) is 0 Å². The molecular weight excluding hydrogens is 182 g/mol. The van der Waals surface area contributed by atoms with Crippen molar-refractivity contribution in [2.45, 2.75) is 44.7 Å². The van der Waals surface area contributed by atoms with Crippen LogP contribution in [0.4, 0.5) is 0 Å². The molecule has 0 aromatic heterocycles. The minimum absolute atomic E-state index is 0.326. The van der Waals surface area contributed by atoms with E-state index in [2.05, 4.69) is 24.0 Å². The third kappa shape index (κ3) is 4.89. The van der Waals surface area contributed by atoms with Crippen molar-refractivity contribution in [3.8, 4) is 0 Å². The summed E-state index contributed by atoms with van der Waals surface area (Å²) in [5.74, 6) is 2.62. The standard InChI is InChI=1S/C10H21NOS/c1-9(3-2-6-12)11-10-4-7-13-8-5-10/h9-12H,2-8H2,1H3/t9-/m1/s1. The SMILES string of the molecule is C[C@H](CCCO)NC1CCSCC1. The zero-order chi connectivity index (χ0) is 9.52. The topological polar surface area (TPSA) is 32.3 Å². The molecule has 78 valence electrons. The molecule has 3 heteroatoms. The maximum absolute atomic E-state index is 8.69. The fourth-order valence-electron chi connectivity index (χ4n) is 1.75. The van der Waals surface area contributed by atoms with Crippen LogP contribution in [0.15, 0.2) is 0 Å². The fraction of sp³-hybridized carbons (Fsp3) is 1.00. The van der Waals surface area contributed by atoms with Crippen LogP contribution >= 0.6 is 11.8 Å². The molecule has 0 spiro atoms. The van der Waals surface area contributed by atoms with Gasteiger partial charge in [0.2, 0.25) is 0 Å². The number of hydrogen-bond acceptors (Lipinski definition) is 3. The van der Waals surface area contributed by atoms with E-state index in [1.807, 2.05) is 0 Å². The lowest BCUT2D eigenvalue weighted by Gasteiger charge is -2.26. The molecule has 1 aliphatic heterocycles. The van der Waals surface area contributed by atoms with E-state index >= 15 is 0 Å². The van der Waals surface area contributed by atoms with E-state index < -0.39 is 0 Å². The summed E-state index contributed by atoms with van der Waals surface area (Å²) in [6, 6.07) is 1.30. The number of rotatable bonds is 5. The van der Waals surface area contributed by atoms with Gasteiger partial charge in [-0.25, -0.2) is 0 Å². The highest BCUT2D eigenvalue weighted by Gasteiger charge is 2.14. The second-order valence-electron chi connectivity index (χ2n) is 3.82. The summed E-state index contributed by atoms with van der Waals surface area (Å²) in [4.78, 5) is 0. The Labute approximate surface area is 85.5 Å². The van der Waals surface area contributed by atoms with Crippen molar-refractivity contribution in [3.63, 3.8) is 0 Å². The average Bonchev–Trinajstić information content (AvgIpc) is 2.16. The minimum atomic E-state index is 0.326. The molecule has 0 aromatic rings. The van der Waals surface area contributed by atoms with Gasteiger partial charge in [0.05, 0.1) is 0 Å². The Bertz CT molecular complexity index is 126. The Hall–Kier alpha value is 0.270. The highest BCUT2D eigenvalue weighted by atomic mass is 32.2. The van der Waals surface area contributed by atoms with Crippen LogP contribution in [0, 0.1) is 0 Å². The van der Waals surface area contributed by atoms with Crippen molar-refractivity contribution < 1.29 is 5.11 Å². The van der Waals surface area contributed by atoms with Crippen LogP contribution in [0.2, 0.25) is 0 Å². The molecule has 1 fully saturated rings. The van der Waals surface area contributed by atoms with Crippen LogP contribution in [0.25, 0.3) is 0 Å². The molecule has 1 saturated heterocycles. The largest absolute Gasteiger partial charge is 0.396 e. The maximum Gasteiger partial charge on any atom is 0.0431 e. The maximum atomic E-state index is 8.69. The molecule has 0 bridgehead atoms. The molecule has 0 amide bonds. The Morgan fingerprint density at radius 1 is 1.46 bits per heavy atom. The second kappa shape index (κ2) is 6.68. The Morgan fingerprint density at radius 2 is 2.15 bits per heavy atom. The number of hydrogen-bond donors (Lipinski definition) is 2. The van der Waals surface area contributed by atoms with Crippen LogP contribution in [-0.2, 0) is 0 Å². The van der Waals surface area contributed by atoms with Crippen LogP contribution < -0.4 is 5.32 Å². The molecule has 1 heterocycles. The summed E-state index contributed by atoms with van der Waals surface area (Å²) < 4.78 is 0.